The fourth-order valence-corrected chi connectivity index (χ4v) is 3.44. The monoisotopic (exact) mass is 387 g/mol. The first-order valence-electron chi connectivity index (χ1n) is 8.99. The number of benzene rings is 1. The van der Waals surface area contributed by atoms with Gasteiger partial charge in [-0.25, -0.2) is 0 Å². The molecule has 0 unspecified atom stereocenters. The van der Waals surface area contributed by atoms with Crippen molar-refractivity contribution in [2.24, 2.45) is 5.41 Å². The molecule has 0 radical (unpaired) electrons. The molecule has 0 fully saturated rings. The third kappa shape index (κ3) is 6.19. The average molecular weight is 388 g/mol. The lowest BCUT2D eigenvalue weighted by atomic mass is 9.96. The number of anilines is 1. The molecule has 0 spiro atoms. The van der Waals surface area contributed by atoms with E-state index in [-0.39, 0.29) is 11.8 Å². The van der Waals surface area contributed by atoms with Gasteiger partial charge in [0, 0.05) is 18.5 Å². The maximum Gasteiger partial charge on any atom is 0.261 e. The molecule has 0 saturated heterocycles. The topological polar surface area (TPSA) is 61.4 Å². The van der Waals surface area contributed by atoms with Crippen LogP contribution in [0.4, 0.5) is 5.00 Å². The molecule has 2 rings (SSSR count). The molecule has 2 N–H and O–H groups in total. The molecule has 2 amide bonds. The van der Waals surface area contributed by atoms with E-state index in [1.54, 1.807) is 0 Å². The highest BCUT2D eigenvalue weighted by Crippen LogP contribution is 2.28. The summed E-state index contributed by atoms with van der Waals surface area (Å²) in [4.78, 5) is 27.4. The fourth-order valence-electron chi connectivity index (χ4n) is 2.46. The molecule has 27 heavy (non-hydrogen) atoms. The molecule has 1 aromatic heterocycles. The molecular weight excluding hydrogens is 358 g/mol. The number of carbonyl (C=O) groups is 2. The number of nitrogens with zero attached hydrogens (tertiary/aromatic N) is 1. The largest absolute Gasteiger partial charge is 0.347 e. The maximum absolute atomic E-state index is 12.5. The van der Waals surface area contributed by atoms with E-state index in [0.29, 0.717) is 16.4 Å². The van der Waals surface area contributed by atoms with Gasteiger partial charge in [0.15, 0.2) is 0 Å². The summed E-state index contributed by atoms with van der Waals surface area (Å²) in [6.07, 6.45) is 0. The van der Waals surface area contributed by atoms with Crippen LogP contribution in [0.5, 0.6) is 0 Å². The number of thiophene rings is 1. The maximum atomic E-state index is 12.5. The van der Waals surface area contributed by atoms with E-state index >= 15 is 0 Å². The van der Waals surface area contributed by atoms with Crippen LogP contribution in [0.1, 0.15) is 47.1 Å². The Labute approximate surface area is 165 Å². The van der Waals surface area contributed by atoms with Gasteiger partial charge in [0.05, 0.1) is 9.88 Å². The molecule has 0 bridgehead atoms. The summed E-state index contributed by atoms with van der Waals surface area (Å²) in [6, 6.07) is 10.1. The van der Waals surface area contributed by atoms with Gasteiger partial charge in [-0.2, -0.15) is 0 Å². The van der Waals surface area contributed by atoms with Crippen molar-refractivity contribution in [3.8, 4) is 0 Å². The van der Waals surface area contributed by atoms with E-state index in [2.05, 4.69) is 27.7 Å². The Kier molecular flexibility index (Phi) is 6.78. The van der Waals surface area contributed by atoms with E-state index in [0.717, 1.165) is 17.7 Å². The van der Waals surface area contributed by atoms with Crippen LogP contribution in [0.2, 0.25) is 0 Å². The quantitative estimate of drug-likeness (QED) is 0.787. The highest BCUT2D eigenvalue weighted by molar-refractivity contribution is 7.18. The first kappa shape index (κ1) is 21.1. The SMILES string of the molecule is Cc1cc(NC(=O)C(C)(C)C)sc1C(=O)NCc1ccc(CN(C)C)cc1. The summed E-state index contributed by atoms with van der Waals surface area (Å²) in [5, 5.41) is 6.55. The van der Waals surface area contributed by atoms with Crippen LogP contribution >= 0.6 is 11.3 Å². The van der Waals surface area contributed by atoms with E-state index in [1.807, 2.05) is 60.0 Å². The second-order valence-electron chi connectivity index (χ2n) is 8.06. The van der Waals surface area contributed by atoms with Gasteiger partial charge in [-0.1, -0.05) is 45.0 Å². The molecular formula is C21H29N3O2S. The molecule has 146 valence electrons. The van der Waals surface area contributed by atoms with Crippen LogP contribution in [-0.2, 0) is 17.9 Å². The lowest BCUT2D eigenvalue weighted by Crippen LogP contribution is -2.27. The number of aryl methyl sites for hydroxylation is 1. The molecule has 0 aliphatic heterocycles. The van der Waals surface area contributed by atoms with Crippen molar-refractivity contribution in [3.05, 3.63) is 51.9 Å². The molecule has 0 atom stereocenters. The van der Waals surface area contributed by atoms with E-state index in [4.69, 9.17) is 0 Å². The molecule has 5 nitrogen and oxygen atoms in total. The Morgan fingerprint density at radius 3 is 2.22 bits per heavy atom. The smallest absolute Gasteiger partial charge is 0.261 e. The molecule has 0 aliphatic carbocycles. The van der Waals surface area contributed by atoms with Crippen molar-refractivity contribution in [1.82, 2.24) is 10.2 Å². The van der Waals surface area contributed by atoms with Crippen LogP contribution < -0.4 is 10.6 Å². The molecule has 6 heteroatoms. The van der Waals surface area contributed by atoms with Crippen molar-refractivity contribution in [2.45, 2.75) is 40.8 Å². The minimum Gasteiger partial charge on any atom is -0.347 e. The number of hydrogen-bond donors (Lipinski definition) is 2. The minimum absolute atomic E-state index is 0.0616. The Balaban J connectivity index is 1.97. The summed E-state index contributed by atoms with van der Waals surface area (Å²) in [5.74, 6) is -0.181. The first-order valence-corrected chi connectivity index (χ1v) is 9.80. The summed E-state index contributed by atoms with van der Waals surface area (Å²) in [5.41, 5.74) is 2.69. The van der Waals surface area contributed by atoms with Crippen molar-refractivity contribution >= 4 is 28.2 Å². The fraction of sp³-hybridized carbons (Fsp3) is 0.429. The summed E-state index contributed by atoms with van der Waals surface area (Å²) in [7, 11) is 4.07. The van der Waals surface area contributed by atoms with Crippen LogP contribution in [0.15, 0.2) is 30.3 Å². The highest BCUT2D eigenvalue weighted by atomic mass is 32.1. The summed E-state index contributed by atoms with van der Waals surface area (Å²) < 4.78 is 0. The predicted molar refractivity (Wildman–Crippen MR) is 112 cm³/mol. The van der Waals surface area contributed by atoms with Gasteiger partial charge in [0.25, 0.3) is 5.91 Å². The number of nitrogens with one attached hydrogen (secondary N) is 2. The number of amides is 2. The Bertz CT molecular complexity index is 802. The lowest BCUT2D eigenvalue weighted by molar-refractivity contribution is -0.123. The van der Waals surface area contributed by atoms with E-state index < -0.39 is 5.41 Å². The molecule has 1 heterocycles. The van der Waals surface area contributed by atoms with E-state index in [9.17, 15) is 9.59 Å². The standard InChI is InChI=1S/C21H29N3O2S/c1-14-11-17(23-20(26)21(2,3)4)27-18(14)19(25)22-12-15-7-9-16(10-8-15)13-24(5)6/h7-11H,12-13H2,1-6H3,(H,22,25)(H,23,26). The second-order valence-corrected chi connectivity index (χ2v) is 9.12. The summed E-state index contributed by atoms with van der Waals surface area (Å²) in [6.45, 7) is 8.83. The van der Waals surface area contributed by atoms with Gasteiger partial charge < -0.3 is 15.5 Å². The van der Waals surface area contributed by atoms with Crippen LogP contribution in [-0.4, -0.2) is 30.8 Å². The van der Waals surface area contributed by atoms with Crippen molar-refractivity contribution < 1.29 is 9.59 Å². The van der Waals surface area contributed by atoms with Crippen LogP contribution in [0.3, 0.4) is 0 Å². The highest BCUT2D eigenvalue weighted by Gasteiger charge is 2.23. The lowest BCUT2D eigenvalue weighted by Gasteiger charge is -2.16. The zero-order valence-electron chi connectivity index (χ0n) is 17.0. The molecule has 0 aliphatic rings. The Hall–Kier alpha value is -2.18. The Morgan fingerprint density at radius 1 is 1.07 bits per heavy atom. The molecule has 1 aromatic carbocycles. The van der Waals surface area contributed by atoms with Crippen molar-refractivity contribution in [1.29, 1.82) is 0 Å². The van der Waals surface area contributed by atoms with Crippen LogP contribution in [0, 0.1) is 12.3 Å². The minimum atomic E-state index is -0.473. The zero-order valence-corrected chi connectivity index (χ0v) is 17.8. The number of rotatable bonds is 6. The molecule has 0 saturated carbocycles. The average Bonchev–Trinajstić information content (AvgIpc) is 2.93. The van der Waals surface area contributed by atoms with Crippen molar-refractivity contribution in [3.63, 3.8) is 0 Å². The van der Waals surface area contributed by atoms with Crippen molar-refractivity contribution in [2.75, 3.05) is 19.4 Å². The molecule has 2 aromatic rings. The third-order valence-corrected chi connectivity index (χ3v) is 5.17. The Morgan fingerprint density at radius 2 is 1.67 bits per heavy atom. The van der Waals surface area contributed by atoms with Gasteiger partial charge in [0.2, 0.25) is 5.91 Å². The van der Waals surface area contributed by atoms with Gasteiger partial charge in [-0.05, 0) is 43.8 Å². The summed E-state index contributed by atoms with van der Waals surface area (Å²) >= 11 is 1.31. The van der Waals surface area contributed by atoms with Gasteiger partial charge >= 0.3 is 0 Å². The number of carbonyl (C=O) groups excluding carboxylic acids is 2. The van der Waals surface area contributed by atoms with Gasteiger partial charge in [-0.15, -0.1) is 11.3 Å². The third-order valence-electron chi connectivity index (χ3n) is 4.02. The normalized spacial score (nSPS) is 11.5. The zero-order chi connectivity index (χ0) is 20.2. The predicted octanol–water partition coefficient (Wildman–Crippen LogP) is 4.03. The van der Waals surface area contributed by atoms with E-state index in [1.165, 1.54) is 16.9 Å². The van der Waals surface area contributed by atoms with Crippen LogP contribution in [0.25, 0.3) is 0 Å². The first-order chi connectivity index (χ1) is 12.6. The number of hydrogen-bond acceptors (Lipinski definition) is 4. The van der Waals surface area contributed by atoms with Gasteiger partial charge in [0.1, 0.15) is 0 Å². The van der Waals surface area contributed by atoms with Gasteiger partial charge in [-0.3, -0.25) is 9.59 Å². The second kappa shape index (κ2) is 8.67.